The Balaban J connectivity index is 2.36. The summed E-state index contributed by atoms with van der Waals surface area (Å²) in [4.78, 5) is 2.26. The van der Waals surface area contributed by atoms with Gasteiger partial charge in [-0.05, 0) is 10.9 Å². The number of nitrogens with zero attached hydrogens (tertiary/aromatic N) is 1. The van der Waals surface area contributed by atoms with Gasteiger partial charge in [0.25, 0.3) is 0 Å². The Morgan fingerprint density at radius 1 is 1.33 bits per heavy atom. The van der Waals surface area contributed by atoms with Crippen LogP contribution in [0.4, 0.5) is 5.69 Å². The summed E-state index contributed by atoms with van der Waals surface area (Å²) in [6.07, 6.45) is 0. The van der Waals surface area contributed by atoms with Gasteiger partial charge in [-0.1, -0.05) is 24.3 Å². The van der Waals surface area contributed by atoms with E-state index < -0.39 is 0 Å². The Hall–Kier alpha value is -1.41. The van der Waals surface area contributed by atoms with Crippen molar-refractivity contribution < 1.29 is 4.74 Å². The lowest BCUT2D eigenvalue weighted by atomic mass is 9.95. The Kier molecular flexibility index (Phi) is 2.83. The molecule has 3 heteroatoms. The molecule has 0 N–H and O–H groups in total. The van der Waals surface area contributed by atoms with E-state index in [-0.39, 0.29) is 0 Å². The largest absolute Gasteiger partial charge is 0.496 e. The summed E-state index contributed by atoms with van der Waals surface area (Å²) in [5.41, 5.74) is 2.61. The minimum Gasteiger partial charge on any atom is -0.496 e. The second-order valence-corrected chi connectivity index (χ2v) is 5.10. The number of rotatable bonds is 2. The highest BCUT2D eigenvalue weighted by Gasteiger charge is 2.28. The summed E-state index contributed by atoms with van der Waals surface area (Å²) in [6, 6.07) is 10.5. The maximum atomic E-state index is 6.12. The van der Waals surface area contributed by atoms with Crippen LogP contribution in [0.1, 0.15) is 11.5 Å². The molecular weight excluding hydrogens is 246 g/mol. The first-order valence-electron chi connectivity index (χ1n) is 6.13. The van der Waals surface area contributed by atoms with E-state index in [1.165, 1.54) is 22.0 Å². The number of fused-ring (bicyclic) bond motifs is 3. The Morgan fingerprint density at radius 3 is 2.72 bits per heavy atom. The Morgan fingerprint density at radius 2 is 2.06 bits per heavy atom. The van der Waals surface area contributed by atoms with E-state index in [0.717, 1.165) is 12.3 Å². The lowest BCUT2D eigenvalue weighted by molar-refractivity contribution is 0.420. The van der Waals surface area contributed by atoms with Crippen LogP contribution in [-0.4, -0.2) is 26.6 Å². The van der Waals surface area contributed by atoms with E-state index in [9.17, 15) is 0 Å². The average Bonchev–Trinajstić information content (AvgIpc) is 2.74. The normalized spacial score (nSPS) is 18.2. The summed E-state index contributed by atoms with van der Waals surface area (Å²) in [5.74, 6) is 2.00. The van der Waals surface area contributed by atoms with Gasteiger partial charge in [0.05, 0.1) is 7.11 Å². The van der Waals surface area contributed by atoms with Crippen LogP contribution < -0.4 is 9.64 Å². The van der Waals surface area contributed by atoms with Crippen molar-refractivity contribution in [3.63, 3.8) is 0 Å². The number of alkyl halides is 1. The summed E-state index contributed by atoms with van der Waals surface area (Å²) < 4.78 is 5.51. The fourth-order valence-corrected chi connectivity index (χ4v) is 3.16. The third-order valence-electron chi connectivity index (χ3n) is 3.75. The van der Waals surface area contributed by atoms with E-state index in [4.69, 9.17) is 16.3 Å². The van der Waals surface area contributed by atoms with E-state index in [1.54, 1.807) is 7.11 Å². The number of anilines is 1. The van der Waals surface area contributed by atoms with Gasteiger partial charge in [-0.15, -0.1) is 11.6 Å². The third-order valence-corrected chi connectivity index (χ3v) is 4.12. The highest BCUT2D eigenvalue weighted by Crippen LogP contribution is 2.44. The monoisotopic (exact) mass is 261 g/mol. The smallest absolute Gasteiger partial charge is 0.128 e. The summed E-state index contributed by atoms with van der Waals surface area (Å²) in [7, 11) is 3.84. The predicted octanol–water partition coefficient (Wildman–Crippen LogP) is 3.62. The van der Waals surface area contributed by atoms with Crippen LogP contribution in [0.3, 0.4) is 0 Å². The molecule has 3 rings (SSSR count). The molecule has 0 bridgehead atoms. The molecule has 0 saturated carbocycles. The number of halogens is 1. The predicted molar refractivity (Wildman–Crippen MR) is 77.2 cm³/mol. The van der Waals surface area contributed by atoms with Crippen LogP contribution in [0.5, 0.6) is 5.75 Å². The van der Waals surface area contributed by atoms with E-state index >= 15 is 0 Å². The maximum Gasteiger partial charge on any atom is 0.128 e. The van der Waals surface area contributed by atoms with Crippen molar-refractivity contribution in [1.82, 2.24) is 0 Å². The van der Waals surface area contributed by atoms with Gasteiger partial charge >= 0.3 is 0 Å². The first-order valence-corrected chi connectivity index (χ1v) is 6.66. The maximum absolute atomic E-state index is 6.12. The fraction of sp³-hybridized carbons (Fsp3) is 0.333. The zero-order valence-corrected chi connectivity index (χ0v) is 11.4. The van der Waals surface area contributed by atoms with Crippen molar-refractivity contribution in [1.29, 1.82) is 0 Å². The van der Waals surface area contributed by atoms with Gasteiger partial charge in [-0.3, -0.25) is 0 Å². The second-order valence-electron chi connectivity index (χ2n) is 4.79. The molecule has 0 saturated heterocycles. The standard InChI is InChI=1S/C15H16ClNO/c1-17-9-10(8-16)15-12-6-4-3-5-11(12)14(18-2)7-13(15)17/h3-7,10H,8-9H2,1-2H3. The molecule has 0 aliphatic carbocycles. The molecule has 1 heterocycles. The van der Waals surface area contributed by atoms with Gasteiger partial charge in [-0.2, -0.15) is 0 Å². The van der Waals surface area contributed by atoms with Crippen molar-refractivity contribution in [2.24, 2.45) is 0 Å². The number of hydrogen-bond donors (Lipinski definition) is 0. The zero-order valence-electron chi connectivity index (χ0n) is 10.6. The average molecular weight is 262 g/mol. The Bertz CT molecular complexity index is 596. The molecule has 0 aromatic heterocycles. The topological polar surface area (TPSA) is 12.5 Å². The molecule has 1 aliphatic rings. The van der Waals surface area contributed by atoms with Crippen LogP contribution in [-0.2, 0) is 0 Å². The van der Waals surface area contributed by atoms with Gasteiger partial charge < -0.3 is 9.64 Å². The summed E-state index contributed by atoms with van der Waals surface area (Å²) in [6.45, 7) is 0.982. The number of methoxy groups -OCH3 is 1. The van der Waals surface area contributed by atoms with Crippen molar-refractivity contribution in [3.05, 3.63) is 35.9 Å². The fourth-order valence-electron chi connectivity index (χ4n) is 2.91. The van der Waals surface area contributed by atoms with Crippen LogP contribution in [0.15, 0.2) is 30.3 Å². The molecule has 0 spiro atoms. The van der Waals surface area contributed by atoms with Crippen molar-refractivity contribution in [3.8, 4) is 5.75 Å². The van der Waals surface area contributed by atoms with Gasteiger partial charge in [0.1, 0.15) is 5.75 Å². The lowest BCUT2D eigenvalue weighted by Gasteiger charge is -2.15. The van der Waals surface area contributed by atoms with Gasteiger partial charge in [-0.25, -0.2) is 0 Å². The van der Waals surface area contributed by atoms with Crippen molar-refractivity contribution in [2.75, 3.05) is 31.5 Å². The first kappa shape index (κ1) is 11.7. The van der Waals surface area contributed by atoms with E-state index in [2.05, 4.69) is 36.2 Å². The molecule has 2 aromatic carbocycles. The van der Waals surface area contributed by atoms with Crippen LogP contribution >= 0.6 is 11.6 Å². The first-order chi connectivity index (χ1) is 8.76. The minimum atomic E-state index is 0.405. The molecule has 0 fully saturated rings. The highest BCUT2D eigenvalue weighted by atomic mass is 35.5. The van der Waals surface area contributed by atoms with Crippen LogP contribution in [0.2, 0.25) is 0 Å². The molecular formula is C15H16ClNO. The van der Waals surface area contributed by atoms with Crippen molar-refractivity contribution >= 4 is 28.1 Å². The minimum absolute atomic E-state index is 0.405. The zero-order chi connectivity index (χ0) is 12.7. The van der Waals surface area contributed by atoms with E-state index in [0.29, 0.717) is 11.8 Å². The lowest BCUT2D eigenvalue weighted by Crippen LogP contribution is -2.15. The molecule has 18 heavy (non-hydrogen) atoms. The highest BCUT2D eigenvalue weighted by molar-refractivity contribution is 6.18. The molecule has 2 nitrogen and oxygen atoms in total. The van der Waals surface area contributed by atoms with Gasteiger partial charge in [0.2, 0.25) is 0 Å². The molecule has 0 radical (unpaired) electrons. The second kappa shape index (κ2) is 4.36. The van der Waals surface area contributed by atoms with Crippen LogP contribution in [0.25, 0.3) is 10.8 Å². The number of benzene rings is 2. The molecule has 94 valence electrons. The number of likely N-dealkylation sites (N-methyl/N-ethyl adjacent to an activating group) is 1. The Labute approximate surface area is 112 Å². The summed E-state index contributed by atoms with van der Waals surface area (Å²) in [5, 5.41) is 2.44. The molecule has 0 amide bonds. The SMILES string of the molecule is COc1cc2c(c3ccccc13)C(CCl)CN2C. The molecule has 2 aromatic rings. The van der Waals surface area contributed by atoms with Gasteiger partial charge in [0, 0.05) is 42.5 Å². The van der Waals surface area contributed by atoms with Crippen molar-refractivity contribution in [2.45, 2.75) is 5.92 Å². The van der Waals surface area contributed by atoms with Gasteiger partial charge in [0.15, 0.2) is 0 Å². The number of hydrogen-bond acceptors (Lipinski definition) is 2. The molecule has 1 atom stereocenters. The quantitative estimate of drug-likeness (QED) is 0.766. The number of ether oxygens (including phenoxy) is 1. The molecule has 1 unspecified atom stereocenters. The summed E-state index contributed by atoms with van der Waals surface area (Å²) >= 11 is 6.12. The molecule has 1 aliphatic heterocycles. The van der Waals surface area contributed by atoms with Crippen LogP contribution in [0, 0.1) is 0 Å². The third kappa shape index (κ3) is 1.56. The van der Waals surface area contributed by atoms with E-state index in [1.807, 2.05) is 6.07 Å².